The largest absolute Gasteiger partial charge is 0.550 e. The number of carboxylic acids is 1. The summed E-state index contributed by atoms with van der Waals surface area (Å²) in [7, 11) is 0. The Morgan fingerprint density at radius 2 is 1.30 bits per heavy atom. The lowest BCUT2D eigenvalue weighted by atomic mass is 10.2. The first-order chi connectivity index (χ1) is 9.25. The highest BCUT2D eigenvalue weighted by atomic mass is 19.2. The van der Waals surface area contributed by atoms with Gasteiger partial charge in [-0.2, -0.15) is 0 Å². The van der Waals surface area contributed by atoms with E-state index in [-0.39, 0.29) is 6.42 Å². The fourth-order valence-corrected chi connectivity index (χ4v) is 1.31. The highest BCUT2D eigenvalue weighted by molar-refractivity contribution is 5.91. The second-order valence-corrected chi connectivity index (χ2v) is 3.72. The van der Waals surface area contributed by atoms with Crippen molar-refractivity contribution in [2.75, 3.05) is 5.32 Å². The van der Waals surface area contributed by atoms with Crippen LogP contribution in [-0.2, 0) is 9.59 Å². The van der Waals surface area contributed by atoms with E-state index in [4.69, 9.17) is 0 Å². The van der Waals surface area contributed by atoms with Crippen LogP contribution in [0.3, 0.4) is 0 Å². The van der Waals surface area contributed by atoms with E-state index in [1.807, 2.05) is 0 Å². The van der Waals surface area contributed by atoms with Crippen LogP contribution < -0.4 is 10.4 Å². The lowest BCUT2D eigenvalue weighted by Gasteiger charge is -2.09. The van der Waals surface area contributed by atoms with E-state index >= 15 is 0 Å². The third kappa shape index (κ3) is 3.43. The molecule has 1 aromatic carbocycles. The molecule has 0 saturated heterocycles. The normalized spacial score (nSPS) is 10.4. The average molecular weight is 296 g/mol. The number of aliphatic carboxylic acids is 1. The van der Waals surface area contributed by atoms with Crippen molar-refractivity contribution >= 4 is 17.6 Å². The van der Waals surface area contributed by atoms with E-state index in [0.29, 0.717) is 0 Å². The van der Waals surface area contributed by atoms with E-state index < -0.39 is 59.5 Å². The fourth-order valence-electron chi connectivity index (χ4n) is 1.31. The van der Waals surface area contributed by atoms with Gasteiger partial charge in [-0.15, -0.1) is 0 Å². The number of amides is 1. The van der Waals surface area contributed by atoms with Gasteiger partial charge in [0.1, 0.15) is 5.69 Å². The van der Waals surface area contributed by atoms with Gasteiger partial charge in [0.25, 0.3) is 0 Å². The molecule has 0 aliphatic rings. The Kier molecular flexibility index (Phi) is 5.00. The van der Waals surface area contributed by atoms with Crippen molar-refractivity contribution in [2.45, 2.75) is 19.3 Å². The SMILES string of the molecule is O=C([O-])CCCC(=O)Nc1c(F)c(F)c(F)c(F)c1F. The minimum atomic E-state index is -2.34. The highest BCUT2D eigenvalue weighted by Gasteiger charge is 2.26. The molecule has 0 bridgehead atoms. The number of carboxylic acid groups (broad SMARTS) is 1. The molecule has 0 aromatic heterocycles. The number of carbonyl (C=O) groups excluding carboxylic acids is 2. The van der Waals surface area contributed by atoms with E-state index in [1.165, 1.54) is 5.32 Å². The second-order valence-electron chi connectivity index (χ2n) is 3.72. The highest BCUT2D eigenvalue weighted by Crippen LogP contribution is 2.27. The number of rotatable bonds is 5. The molecule has 1 N–H and O–H groups in total. The van der Waals surface area contributed by atoms with Gasteiger partial charge in [-0.25, -0.2) is 22.0 Å². The van der Waals surface area contributed by atoms with Gasteiger partial charge in [-0.3, -0.25) is 4.79 Å². The van der Waals surface area contributed by atoms with Crippen LogP contribution in [0, 0.1) is 29.1 Å². The van der Waals surface area contributed by atoms with Crippen LogP contribution in [0.25, 0.3) is 0 Å². The summed E-state index contributed by atoms with van der Waals surface area (Å²) in [6.45, 7) is 0. The molecule has 1 aromatic rings. The van der Waals surface area contributed by atoms with E-state index in [2.05, 4.69) is 0 Å². The average Bonchev–Trinajstić information content (AvgIpc) is 2.39. The van der Waals surface area contributed by atoms with Crippen LogP contribution in [-0.4, -0.2) is 11.9 Å². The Morgan fingerprint density at radius 1 is 0.850 bits per heavy atom. The quantitative estimate of drug-likeness (QED) is 0.505. The lowest BCUT2D eigenvalue weighted by molar-refractivity contribution is -0.305. The van der Waals surface area contributed by atoms with Crippen molar-refractivity contribution in [3.63, 3.8) is 0 Å². The molecule has 0 spiro atoms. The first kappa shape index (κ1) is 15.9. The fraction of sp³-hybridized carbons (Fsp3) is 0.273. The Labute approximate surface area is 109 Å². The van der Waals surface area contributed by atoms with Gasteiger partial charge in [0, 0.05) is 12.4 Å². The number of carbonyl (C=O) groups is 2. The molecule has 0 aliphatic carbocycles. The Morgan fingerprint density at radius 3 is 1.75 bits per heavy atom. The van der Waals surface area contributed by atoms with Gasteiger partial charge < -0.3 is 15.2 Å². The minimum absolute atomic E-state index is 0.205. The topological polar surface area (TPSA) is 69.2 Å². The van der Waals surface area contributed by atoms with Crippen molar-refractivity contribution in [3.05, 3.63) is 29.1 Å². The number of nitrogens with one attached hydrogen (secondary N) is 1. The molecule has 0 unspecified atom stereocenters. The molecule has 110 valence electrons. The van der Waals surface area contributed by atoms with Gasteiger partial charge in [-0.05, 0) is 12.8 Å². The summed E-state index contributed by atoms with van der Waals surface area (Å²) in [5.74, 6) is -13.6. The summed E-state index contributed by atoms with van der Waals surface area (Å²) in [4.78, 5) is 21.3. The zero-order valence-corrected chi connectivity index (χ0v) is 9.74. The van der Waals surface area contributed by atoms with Crippen molar-refractivity contribution in [3.8, 4) is 0 Å². The Hall–Kier alpha value is -2.19. The van der Waals surface area contributed by atoms with Gasteiger partial charge >= 0.3 is 0 Å². The van der Waals surface area contributed by atoms with Crippen LogP contribution in [0.5, 0.6) is 0 Å². The molecular weight excluding hydrogens is 289 g/mol. The smallest absolute Gasteiger partial charge is 0.224 e. The summed E-state index contributed by atoms with van der Waals surface area (Å²) in [6, 6.07) is 0. The molecule has 9 heteroatoms. The summed E-state index contributed by atoms with van der Waals surface area (Å²) >= 11 is 0. The van der Waals surface area contributed by atoms with Crippen molar-refractivity contribution < 1.29 is 36.6 Å². The third-order valence-electron chi connectivity index (χ3n) is 2.26. The molecule has 4 nitrogen and oxygen atoms in total. The monoisotopic (exact) mass is 296 g/mol. The molecule has 0 aliphatic heterocycles. The Balaban J connectivity index is 2.88. The van der Waals surface area contributed by atoms with Crippen LogP contribution in [0.4, 0.5) is 27.6 Å². The molecule has 0 fully saturated rings. The maximum atomic E-state index is 13.2. The minimum Gasteiger partial charge on any atom is -0.550 e. The molecule has 0 saturated carbocycles. The van der Waals surface area contributed by atoms with Crippen molar-refractivity contribution in [2.24, 2.45) is 0 Å². The van der Waals surface area contributed by atoms with Gasteiger partial charge in [0.05, 0.1) is 0 Å². The van der Waals surface area contributed by atoms with E-state index in [9.17, 15) is 36.6 Å². The molecule has 20 heavy (non-hydrogen) atoms. The van der Waals surface area contributed by atoms with Crippen LogP contribution >= 0.6 is 0 Å². The first-order valence-corrected chi connectivity index (χ1v) is 5.26. The molecule has 0 heterocycles. The van der Waals surface area contributed by atoms with E-state index in [1.54, 1.807) is 0 Å². The van der Waals surface area contributed by atoms with Crippen LogP contribution in [0.2, 0.25) is 0 Å². The number of hydrogen-bond donors (Lipinski definition) is 1. The molecule has 1 rings (SSSR count). The standard InChI is InChI=1S/C11H8F5NO3/c12-6-7(13)9(15)11(10(16)8(6)14)17-4(18)2-1-3-5(19)20/h1-3H2,(H,17,18)(H,19,20)/p-1. The number of hydrogen-bond acceptors (Lipinski definition) is 3. The molecule has 1 amide bonds. The number of halogens is 5. The maximum Gasteiger partial charge on any atom is 0.224 e. The van der Waals surface area contributed by atoms with Gasteiger partial charge in [0.2, 0.25) is 11.7 Å². The molecule has 0 atom stereocenters. The van der Waals surface area contributed by atoms with Crippen molar-refractivity contribution in [1.29, 1.82) is 0 Å². The second kappa shape index (κ2) is 6.31. The number of anilines is 1. The van der Waals surface area contributed by atoms with Crippen LogP contribution in [0.1, 0.15) is 19.3 Å². The molecular formula is C11H7F5NO3-. The summed E-state index contributed by atoms with van der Waals surface area (Å²) in [5.41, 5.74) is -1.47. The summed E-state index contributed by atoms with van der Waals surface area (Å²) in [6.07, 6.45) is -1.17. The number of benzene rings is 1. The van der Waals surface area contributed by atoms with E-state index in [0.717, 1.165) is 0 Å². The maximum absolute atomic E-state index is 13.2. The zero-order chi connectivity index (χ0) is 15.4. The van der Waals surface area contributed by atoms with Crippen LogP contribution in [0.15, 0.2) is 0 Å². The summed E-state index contributed by atoms with van der Waals surface area (Å²) < 4.78 is 64.7. The van der Waals surface area contributed by atoms with Gasteiger partial charge in [-0.1, -0.05) is 0 Å². The summed E-state index contributed by atoms with van der Waals surface area (Å²) in [5, 5.41) is 11.6. The molecule has 0 radical (unpaired) electrons. The third-order valence-corrected chi connectivity index (χ3v) is 2.26. The predicted molar refractivity (Wildman–Crippen MR) is 53.7 cm³/mol. The Bertz CT molecular complexity index is 532. The first-order valence-electron chi connectivity index (χ1n) is 5.26. The zero-order valence-electron chi connectivity index (χ0n) is 9.74. The lowest BCUT2D eigenvalue weighted by Crippen LogP contribution is -2.22. The van der Waals surface area contributed by atoms with Gasteiger partial charge in [0.15, 0.2) is 23.3 Å². The van der Waals surface area contributed by atoms with Crippen molar-refractivity contribution in [1.82, 2.24) is 0 Å². The predicted octanol–water partition coefficient (Wildman–Crippen LogP) is 1.24.